The van der Waals surface area contributed by atoms with Gasteiger partial charge < -0.3 is 6.16 Å². The molecule has 134 valence electrons. The zero-order valence-electron chi connectivity index (χ0n) is 15.5. The standard InChI is InChI=1S/C20H14F3O2P.Li.H/c21-20(22,23)26(19(24)15-7-3-1-4-8-15)18-13-11-17(12-14-18)25-16-9-5-2-6-10-16;;/h1-14H;;/q;+1;-1. The fraction of sp³-hybridized carbons (Fsp3) is 0.0500. The van der Waals surface area contributed by atoms with Gasteiger partial charge in [-0.2, -0.15) is 13.2 Å². The smallest absolute Gasteiger partial charge is 1.00 e. The summed E-state index contributed by atoms with van der Waals surface area (Å²) < 4.78 is 46.3. The molecular formula is C20H15F3LiO2P. The zero-order chi connectivity index (χ0) is 18.6. The van der Waals surface area contributed by atoms with Crippen LogP contribution >= 0.6 is 7.92 Å². The molecule has 0 saturated heterocycles. The van der Waals surface area contributed by atoms with E-state index in [0.717, 1.165) is 0 Å². The topological polar surface area (TPSA) is 26.3 Å². The van der Waals surface area contributed by atoms with E-state index in [1.54, 1.807) is 42.5 Å². The Bertz CT molecular complexity index is 875. The molecule has 2 nitrogen and oxygen atoms in total. The summed E-state index contributed by atoms with van der Waals surface area (Å²) in [7, 11) is -3.00. The van der Waals surface area contributed by atoms with Gasteiger partial charge in [0.25, 0.3) is 0 Å². The monoisotopic (exact) mass is 382 g/mol. The average molecular weight is 382 g/mol. The van der Waals surface area contributed by atoms with E-state index >= 15 is 0 Å². The molecule has 0 spiro atoms. The molecule has 3 aromatic rings. The molecule has 0 bridgehead atoms. The van der Waals surface area contributed by atoms with E-state index in [9.17, 15) is 18.0 Å². The third kappa shape index (κ3) is 5.46. The first-order chi connectivity index (χ1) is 12.4. The summed E-state index contributed by atoms with van der Waals surface area (Å²) >= 11 is 0. The van der Waals surface area contributed by atoms with E-state index in [4.69, 9.17) is 4.74 Å². The molecule has 3 rings (SSSR count). The van der Waals surface area contributed by atoms with Crippen molar-refractivity contribution >= 4 is 18.8 Å². The molecule has 0 radical (unpaired) electrons. The summed E-state index contributed by atoms with van der Waals surface area (Å²) in [6.07, 6.45) is 0. The Morgan fingerprint density at radius 2 is 1.26 bits per heavy atom. The number of carbonyl (C=O) groups is 1. The van der Waals surface area contributed by atoms with Crippen LogP contribution in [0.5, 0.6) is 11.5 Å². The Kier molecular flexibility index (Phi) is 7.27. The number of hydrogen-bond acceptors (Lipinski definition) is 2. The predicted octanol–water partition coefficient (Wildman–Crippen LogP) is 3.06. The van der Waals surface area contributed by atoms with Crippen LogP contribution in [0.1, 0.15) is 11.8 Å². The van der Waals surface area contributed by atoms with E-state index in [2.05, 4.69) is 0 Å². The first-order valence-electron chi connectivity index (χ1n) is 7.74. The molecule has 0 heterocycles. The van der Waals surface area contributed by atoms with Gasteiger partial charge in [-0.15, -0.1) is 0 Å². The van der Waals surface area contributed by atoms with Crippen LogP contribution in [0.15, 0.2) is 84.9 Å². The SMILES string of the molecule is O=C(c1ccccc1)P(c1ccc(Oc2ccccc2)cc1)C(F)(F)F.[H-].[Li+]. The van der Waals surface area contributed by atoms with Crippen molar-refractivity contribution in [3.05, 3.63) is 90.5 Å². The van der Waals surface area contributed by atoms with Crippen molar-refractivity contribution in [2.45, 2.75) is 5.92 Å². The second-order valence-electron chi connectivity index (χ2n) is 5.38. The molecule has 0 aromatic heterocycles. The number of benzene rings is 3. The van der Waals surface area contributed by atoms with Gasteiger partial charge in [0, 0.05) is 5.56 Å². The molecule has 0 amide bonds. The largest absolute Gasteiger partial charge is 1.00 e. The number of ether oxygens (including phenoxy) is 1. The summed E-state index contributed by atoms with van der Waals surface area (Å²) in [4.78, 5) is 12.4. The summed E-state index contributed by atoms with van der Waals surface area (Å²) in [6, 6.07) is 22.0. The Labute approximate surface area is 169 Å². The Balaban J connectivity index is 0.00000196. The van der Waals surface area contributed by atoms with Gasteiger partial charge in [-0.25, -0.2) is 0 Å². The van der Waals surface area contributed by atoms with Crippen LogP contribution in [-0.4, -0.2) is 11.4 Å². The van der Waals surface area contributed by atoms with Crippen LogP contribution in [0.2, 0.25) is 0 Å². The number of rotatable bonds is 5. The normalized spacial score (nSPS) is 12.0. The predicted molar refractivity (Wildman–Crippen MR) is 97.5 cm³/mol. The van der Waals surface area contributed by atoms with Crippen molar-refractivity contribution in [1.82, 2.24) is 0 Å². The van der Waals surface area contributed by atoms with Crippen molar-refractivity contribution < 1.29 is 43.0 Å². The Morgan fingerprint density at radius 1 is 0.778 bits per heavy atom. The maximum absolute atomic E-state index is 13.6. The van der Waals surface area contributed by atoms with Crippen LogP contribution in [0.3, 0.4) is 0 Å². The van der Waals surface area contributed by atoms with Crippen molar-refractivity contribution in [2.75, 3.05) is 0 Å². The molecule has 0 N–H and O–H groups in total. The van der Waals surface area contributed by atoms with Gasteiger partial charge in [0.2, 0.25) is 0 Å². The van der Waals surface area contributed by atoms with Crippen molar-refractivity contribution in [2.24, 2.45) is 0 Å². The Morgan fingerprint density at radius 3 is 1.78 bits per heavy atom. The van der Waals surface area contributed by atoms with E-state index < -0.39 is 19.4 Å². The number of hydrogen-bond donors (Lipinski definition) is 0. The molecule has 1 unspecified atom stereocenters. The van der Waals surface area contributed by atoms with Gasteiger partial charge >= 0.3 is 24.8 Å². The molecule has 0 aliphatic carbocycles. The molecule has 27 heavy (non-hydrogen) atoms. The minimum absolute atomic E-state index is 0. The quantitative estimate of drug-likeness (QED) is 0.501. The Hall–Kier alpha value is -2.05. The summed E-state index contributed by atoms with van der Waals surface area (Å²) in [5.41, 5.74) is -0.856. The van der Waals surface area contributed by atoms with Crippen molar-refractivity contribution in [3.8, 4) is 11.5 Å². The third-order valence-corrected chi connectivity index (χ3v) is 5.54. The van der Waals surface area contributed by atoms with Crippen molar-refractivity contribution in [1.29, 1.82) is 0 Å². The van der Waals surface area contributed by atoms with Gasteiger partial charge in [0.1, 0.15) is 19.4 Å². The minimum Gasteiger partial charge on any atom is -1.00 e. The van der Waals surface area contributed by atoms with Gasteiger partial charge in [-0.05, 0) is 29.6 Å². The number of para-hydroxylation sites is 1. The zero-order valence-corrected chi connectivity index (χ0v) is 15.4. The molecule has 0 aliphatic heterocycles. The fourth-order valence-corrected chi connectivity index (χ4v) is 3.99. The minimum atomic E-state index is -4.62. The summed E-state index contributed by atoms with van der Waals surface area (Å²) in [5.74, 6) is -3.63. The maximum atomic E-state index is 13.6. The van der Waals surface area contributed by atoms with E-state index in [-0.39, 0.29) is 31.2 Å². The molecule has 0 aliphatic rings. The maximum Gasteiger partial charge on any atom is 1.00 e. The number of halogens is 3. The van der Waals surface area contributed by atoms with Gasteiger partial charge in [0.15, 0.2) is 5.52 Å². The number of alkyl halides is 3. The van der Waals surface area contributed by atoms with Crippen LogP contribution in [-0.2, 0) is 0 Å². The molecule has 0 saturated carbocycles. The third-order valence-electron chi connectivity index (χ3n) is 3.55. The summed E-state index contributed by atoms with van der Waals surface area (Å²) in [6.45, 7) is 0. The molecule has 7 heteroatoms. The van der Waals surface area contributed by atoms with Gasteiger partial charge in [-0.1, -0.05) is 60.7 Å². The first kappa shape index (κ1) is 21.2. The molecular weight excluding hydrogens is 367 g/mol. The molecule has 1 atom stereocenters. The molecule has 0 fully saturated rings. The first-order valence-corrected chi connectivity index (χ1v) is 9.08. The average Bonchev–Trinajstić information content (AvgIpc) is 2.64. The fourth-order valence-electron chi connectivity index (χ4n) is 2.38. The van der Waals surface area contributed by atoms with E-state index in [0.29, 0.717) is 11.5 Å². The summed E-state index contributed by atoms with van der Waals surface area (Å²) in [5, 5.41) is -0.0539. The van der Waals surface area contributed by atoms with E-state index in [1.807, 2.05) is 6.07 Å². The second-order valence-corrected chi connectivity index (χ2v) is 7.48. The van der Waals surface area contributed by atoms with Gasteiger partial charge in [0.05, 0.1) is 0 Å². The van der Waals surface area contributed by atoms with Crippen LogP contribution < -0.4 is 28.9 Å². The van der Waals surface area contributed by atoms with Gasteiger partial charge in [-0.3, -0.25) is 4.79 Å². The number of carbonyl (C=O) groups excluding carboxylic acids is 1. The van der Waals surface area contributed by atoms with Crippen LogP contribution in [0.25, 0.3) is 0 Å². The molecule has 3 aromatic carbocycles. The van der Waals surface area contributed by atoms with Crippen LogP contribution in [0, 0.1) is 0 Å². The van der Waals surface area contributed by atoms with Crippen molar-refractivity contribution in [3.63, 3.8) is 0 Å². The van der Waals surface area contributed by atoms with E-state index in [1.165, 1.54) is 36.4 Å². The second kappa shape index (κ2) is 9.24. The van der Waals surface area contributed by atoms with Crippen LogP contribution in [0.4, 0.5) is 13.2 Å².